The van der Waals surface area contributed by atoms with E-state index in [2.05, 4.69) is 6.92 Å². The van der Waals surface area contributed by atoms with Crippen LogP contribution in [0.1, 0.15) is 84.5 Å². The van der Waals surface area contributed by atoms with Crippen molar-refractivity contribution in [1.29, 1.82) is 0 Å². The Bertz CT molecular complexity index is 473. The Hall–Kier alpha value is -0.440. The van der Waals surface area contributed by atoms with Gasteiger partial charge in [-0.25, -0.2) is 0 Å². The standard InChI is InChI=1S/C35H72O11/c1-3-5-6-7-8-9-10-11-12-13-14-15-37-18-19-39-22-23-41-26-27-43-30-31-45-34-35-46-33-32-44-29-28-42-25-24-40-21-20-38-17-16-36-4-2/h3-35H2,1-2H3. The molecule has 11 heteroatoms. The fraction of sp³-hybridized carbons (Fsp3) is 1.00. The summed E-state index contributed by atoms with van der Waals surface area (Å²) in [6, 6.07) is 0. The number of hydrogen-bond donors (Lipinski definition) is 0. The minimum Gasteiger partial charge on any atom is -0.379 e. The molecule has 0 rings (SSSR count). The van der Waals surface area contributed by atoms with E-state index >= 15 is 0 Å². The molecule has 0 bridgehead atoms. The highest BCUT2D eigenvalue weighted by Gasteiger charge is 1.97. The van der Waals surface area contributed by atoms with Gasteiger partial charge in [0.1, 0.15) is 0 Å². The number of unbranched alkanes of at least 4 members (excludes halogenated alkanes) is 10. The Morgan fingerprint density at radius 3 is 0.630 bits per heavy atom. The van der Waals surface area contributed by atoms with Crippen molar-refractivity contribution < 1.29 is 52.1 Å². The predicted octanol–water partition coefficient (Wildman–Crippen LogP) is 5.50. The highest BCUT2D eigenvalue weighted by atomic mass is 16.6. The summed E-state index contributed by atoms with van der Waals surface area (Å²) in [5, 5.41) is 0. The van der Waals surface area contributed by atoms with E-state index < -0.39 is 0 Å². The molecule has 0 heterocycles. The summed E-state index contributed by atoms with van der Waals surface area (Å²) in [4.78, 5) is 0. The SMILES string of the molecule is CCCCCCCCCCCCCOCCOCCOCCOCCOCCOCCOCCOCCOCCOCCOCC. The van der Waals surface area contributed by atoms with Crippen LogP contribution in [0.3, 0.4) is 0 Å². The third-order valence-electron chi connectivity index (χ3n) is 6.82. The Kier molecular flexibility index (Phi) is 44.1. The Morgan fingerprint density at radius 2 is 0.391 bits per heavy atom. The number of rotatable bonds is 43. The molecule has 0 unspecified atom stereocenters. The smallest absolute Gasteiger partial charge is 0.0701 e. The van der Waals surface area contributed by atoms with Crippen LogP contribution >= 0.6 is 0 Å². The molecule has 0 spiro atoms. The molecule has 0 N–H and O–H groups in total. The predicted molar refractivity (Wildman–Crippen MR) is 181 cm³/mol. The van der Waals surface area contributed by atoms with Crippen LogP contribution in [-0.2, 0) is 52.1 Å². The molecular weight excluding hydrogens is 596 g/mol. The summed E-state index contributed by atoms with van der Waals surface area (Å²) in [5.74, 6) is 0. The zero-order valence-corrected chi connectivity index (χ0v) is 29.8. The van der Waals surface area contributed by atoms with Gasteiger partial charge in [0.15, 0.2) is 0 Å². The van der Waals surface area contributed by atoms with Crippen LogP contribution in [0.15, 0.2) is 0 Å². The molecule has 0 amide bonds. The summed E-state index contributed by atoms with van der Waals surface area (Å²) < 4.78 is 60.1. The first-order valence-electron chi connectivity index (χ1n) is 18.3. The van der Waals surface area contributed by atoms with Gasteiger partial charge < -0.3 is 52.1 Å². The first kappa shape index (κ1) is 45.6. The van der Waals surface area contributed by atoms with E-state index in [9.17, 15) is 0 Å². The highest BCUT2D eigenvalue weighted by molar-refractivity contribution is 4.48. The van der Waals surface area contributed by atoms with E-state index in [0.717, 1.165) is 13.0 Å². The lowest BCUT2D eigenvalue weighted by molar-refractivity contribution is -0.0274. The van der Waals surface area contributed by atoms with Gasteiger partial charge >= 0.3 is 0 Å². The average molecular weight is 669 g/mol. The molecule has 0 aliphatic heterocycles. The van der Waals surface area contributed by atoms with Crippen molar-refractivity contribution in [3.8, 4) is 0 Å². The molecule has 0 aliphatic rings. The van der Waals surface area contributed by atoms with E-state index in [0.29, 0.717) is 139 Å². The van der Waals surface area contributed by atoms with E-state index in [4.69, 9.17) is 52.1 Å². The van der Waals surface area contributed by atoms with Crippen molar-refractivity contribution in [3.05, 3.63) is 0 Å². The third-order valence-corrected chi connectivity index (χ3v) is 6.82. The third kappa shape index (κ3) is 43.6. The highest BCUT2D eigenvalue weighted by Crippen LogP contribution is 2.11. The first-order chi connectivity index (χ1) is 22.9. The van der Waals surface area contributed by atoms with Crippen LogP contribution in [0.25, 0.3) is 0 Å². The van der Waals surface area contributed by atoms with Crippen LogP contribution in [0.5, 0.6) is 0 Å². The first-order valence-corrected chi connectivity index (χ1v) is 18.3. The molecule has 0 fully saturated rings. The molecule has 278 valence electrons. The lowest BCUT2D eigenvalue weighted by Gasteiger charge is -2.09. The van der Waals surface area contributed by atoms with Crippen LogP contribution < -0.4 is 0 Å². The summed E-state index contributed by atoms with van der Waals surface area (Å²) in [7, 11) is 0. The summed E-state index contributed by atoms with van der Waals surface area (Å²) in [5.41, 5.74) is 0. The van der Waals surface area contributed by atoms with Crippen molar-refractivity contribution in [1.82, 2.24) is 0 Å². The molecule has 0 saturated heterocycles. The van der Waals surface area contributed by atoms with E-state index in [-0.39, 0.29) is 0 Å². The monoisotopic (exact) mass is 669 g/mol. The largest absolute Gasteiger partial charge is 0.379 e. The van der Waals surface area contributed by atoms with Crippen LogP contribution in [-0.4, -0.2) is 145 Å². The van der Waals surface area contributed by atoms with Gasteiger partial charge in [-0.3, -0.25) is 0 Å². The van der Waals surface area contributed by atoms with Crippen molar-refractivity contribution in [2.24, 2.45) is 0 Å². The Morgan fingerprint density at radius 1 is 0.196 bits per heavy atom. The Labute approximate surface area is 281 Å². The van der Waals surface area contributed by atoms with Crippen LogP contribution in [0, 0.1) is 0 Å². The molecule has 0 atom stereocenters. The molecular formula is C35H72O11. The second kappa shape index (κ2) is 44.6. The van der Waals surface area contributed by atoms with E-state index in [1.807, 2.05) is 6.92 Å². The zero-order valence-electron chi connectivity index (χ0n) is 29.8. The molecule has 11 nitrogen and oxygen atoms in total. The summed E-state index contributed by atoms with van der Waals surface area (Å²) in [6.45, 7) is 17.0. The lowest BCUT2D eigenvalue weighted by atomic mass is 10.1. The van der Waals surface area contributed by atoms with Crippen LogP contribution in [0.4, 0.5) is 0 Å². The number of hydrogen-bond acceptors (Lipinski definition) is 11. The van der Waals surface area contributed by atoms with E-state index in [1.165, 1.54) is 64.2 Å². The van der Waals surface area contributed by atoms with Gasteiger partial charge in [0, 0.05) is 13.2 Å². The minimum absolute atomic E-state index is 0.528. The fourth-order valence-electron chi connectivity index (χ4n) is 4.21. The second-order valence-corrected chi connectivity index (χ2v) is 10.9. The molecule has 0 aromatic rings. The molecule has 46 heavy (non-hydrogen) atoms. The number of ether oxygens (including phenoxy) is 11. The Balaban J connectivity index is 3.03. The van der Waals surface area contributed by atoms with E-state index in [1.54, 1.807) is 0 Å². The summed E-state index contributed by atoms with van der Waals surface area (Å²) >= 11 is 0. The average Bonchev–Trinajstić information content (AvgIpc) is 3.07. The summed E-state index contributed by atoms with van der Waals surface area (Å²) in [6.07, 6.45) is 14.9. The minimum atomic E-state index is 0.528. The van der Waals surface area contributed by atoms with Crippen molar-refractivity contribution in [2.45, 2.75) is 84.5 Å². The van der Waals surface area contributed by atoms with Crippen molar-refractivity contribution in [2.75, 3.05) is 145 Å². The van der Waals surface area contributed by atoms with Gasteiger partial charge in [0.25, 0.3) is 0 Å². The quantitative estimate of drug-likeness (QED) is 0.0770. The molecule has 0 saturated carbocycles. The maximum Gasteiger partial charge on any atom is 0.0701 e. The van der Waals surface area contributed by atoms with Crippen molar-refractivity contribution in [3.63, 3.8) is 0 Å². The molecule has 0 radical (unpaired) electrons. The van der Waals surface area contributed by atoms with Crippen LogP contribution in [0.2, 0.25) is 0 Å². The molecule has 0 aliphatic carbocycles. The van der Waals surface area contributed by atoms with Gasteiger partial charge in [-0.15, -0.1) is 0 Å². The maximum absolute atomic E-state index is 5.66. The fourth-order valence-corrected chi connectivity index (χ4v) is 4.21. The normalized spacial score (nSPS) is 11.6. The van der Waals surface area contributed by atoms with Crippen molar-refractivity contribution >= 4 is 0 Å². The van der Waals surface area contributed by atoms with Gasteiger partial charge in [-0.05, 0) is 13.3 Å². The van der Waals surface area contributed by atoms with Gasteiger partial charge in [0.2, 0.25) is 0 Å². The van der Waals surface area contributed by atoms with Gasteiger partial charge in [0.05, 0.1) is 132 Å². The second-order valence-electron chi connectivity index (χ2n) is 10.9. The zero-order chi connectivity index (χ0) is 33.1. The maximum atomic E-state index is 5.66. The molecule has 0 aromatic heterocycles. The van der Waals surface area contributed by atoms with Gasteiger partial charge in [-0.2, -0.15) is 0 Å². The lowest BCUT2D eigenvalue weighted by Crippen LogP contribution is -2.15. The van der Waals surface area contributed by atoms with Gasteiger partial charge in [-0.1, -0.05) is 71.1 Å². The topological polar surface area (TPSA) is 102 Å². The molecule has 0 aromatic carbocycles.